The number of hydrogen-bond acceptors (Lipinski definition) is 10. The van der Waals surface area contributed by atoms with Gasteiger partial charge in [-0.15, -0.1) is 0 Å². The Bertz CT molecular complexity index is 2450. The molecule has 0 radical (unpaired) electrons. The van der Waals surface area contributed by atoms with E-state index in [9.17, 15) is 22.4 Å². The fourth-order valence-corrected chi connectivity index (χ4v) is 7.91. The molecule has 3 aromatic heterocycles. The standard InChI is InChI=1S/C43H43F4N9O3/c1-58-36-9-6-27(24-31(36)42(57)52-40-32(46)4-3-5-33(40)47)39-41(56-18-11-28(45)25-38(56)51-39)35-10-15-48-43(50-35)49-34-8-7-30(26-37(34)59-2)54-16-12-29(13-17-54)55-22-20-53(19-14-44)21-23-55/h3-11,15,18,24-26,29H,12-14,16-17,19-23H2,1-2H3,(H,52,57)(H,48,49,50). The highest BCUT2D eigenvalue weighted by Crippen LogP contribution is 2.37. The van der Waals surface area contributed by atoms with Gasteiger partial charge in [0.05, 0.1) is 42.6 Å². The lowest BCUT2D eigenvalue weighted by molar-refractivity contribution is 0.0816. The van der Waals surface area contributed by atoms with Crippen LogP contribution in [0.25, 0.3) is 28.3 Å². The number of piperazine rings is 1. The second kappa shape index (κ2) is 17.3. The molecule has 6 aromatic rings. The molecular weight excluding hydrogens is 767 g/mol. The fourth-order valence-electron chi connectivity index (χ4n) is 7.91. The molecule has 2 N–H and O–H groups in total. The highest BCUT2D eigenvalue weighted by molar-refractivity contribution is 6.07. The number of carbonyl (C=O) groups excluding carboxylic acids is 1. The van der Waals surface area contributed by atoms with Crippen molar-refractivity contribution in [1.29, 1.82) is 0 Å². The van der Waals surface area contributed by atoms with Crippen molar-refractivity contribution >= 4 is 34.6 Å². The first-order valence-corrected chi connectivity index (χ1v) is 19.4. The van der Waals surface area contributed by atoms with Crippen molar-refractivity contribution in [2.45, 2.75) is 18.9 Å². The number of amides is 1. The minimum Gasteiger partial charge on any atom is -0.496 e. The van der Waals surface area contributed by atoms with Gasteiger partial charge in [-0.05, 0) is 67.4 Å². The molecule has 0 aliphatic carbocycles. The van der Waals surface area contributed by atoms with Gasteiger partial charge in [0.2, 0.25) is 5.95 Å². The quantitative estimate of drug-likeness (QED) is 0.121. The average molecular weight is 810 g/mol. The van der Waals surface area contributed by atoms with Gasteiger partial charge in [0.15, 0.2) is 0 Å². The van der Waals surface area contributed by atoms with Crippen LogP contribution in [0.5, 0.6) is 11.5 Å². The third-order valence-electron chi connectivity index (χ3n) is 11.0. The maximum absolute atomic E-state index is 14.5. The minimum absolute atomic E-state index is 0.0172. The molecule has 2 saturated heterocycles. The number of fused-ring (bicyclic) bond motifs is 1. The van der Waals surface area contributed by atoms with Crippen LogP contribution in [0.3, 0.4) is 0 Å². The first-order valence-electron chi connectivity index (χ1n) is 19.4. The van der Waals surface area contributed by atoms with Gasteiger partial charge in [-0.2, -0.15) is 0 Å². The molecule has 2 fully saturated rings. The number of ether oxygens (including phenoxy) is 2. The van der Waals surface area contributed by atoms with E-state index in [1.807, 2.05) is 18.2 Å². The van der Waals surface area contributed by atoms with E-state index >= 15 is 0 Å². The van der Waals surface area contributed by atoms with Gasteiger partial charge < -0.3 is 25.0 Å². The number of rotatable bonds is 12. The molecule has 3 aromatic carbocycles. The number of alkyl halides is 1. The highest BCUT2D eigenvalue weighted by atomic mass is 19.1. The third-order valence-corrected chi connectivity index (χ3v) is 11.0. The molecule has 16 heteroatoms. The minimum atomic E-state index is -0.936. The number of benzene rings is 3. The predicted octanol–water partition coefficient (Wildman–Crippen LogP) is 7.44. The van der Waals surface area contributed by atoms with Crippen LogP contribution < -0.4 is 25.0 Å². The molecule has 0 bridgehead atoms. The van der Waals surface area contributed by atoms with Crippen molar-refractivity contribution in [3.8, 4) is 34.1 Å². The monoisotopic (exact) mass is 809 g/mol. The summed E-state index contributed by atoms with van der Waals surface area (Å²) >= 11 is 0. The Morgan fingerprint density at radius 3 is 2.34 bits per heavy atom. The summed E-state index contributed by atoms with van der Waals surface area (Å²) in [4.78, 5) is 34.6. The third kappa shape index (κ3) is 8.36. The number of aromatic nitrogens is 4. The topological polar surface area (TPSA) is 112 Å². The summed E-state index contributed by atoms with van der Waals surface area (Å²) in [6.45, 7) is 5.81. The van der Waals surface area contributed by atoms with E-state index in [2.05, 4.69) is 30.3 Å². The first kappa shape index (κ1) is 39.6. The average Bonchev–Trinajstić information content (AvgIpc) is 3.64. The molecule has 59 heavy (non-hydrogen) atoms. The van der Waals surface area contributed by atoms with Crippen LogP contribution in [0.4, 0.5) is 40.6 Å². The van der Waals surface area contributed by atoms with E-state index in [0.717, 1.165) is 69.9 Å². The Morgan fingerprint density at radius 1 is 0.847 bits per heavy atom. The smallest absolute Gasteiger partial charge is 0.259 e. The Labute approximate surface area is 338 Å². The SMILES string of the molecule is COc1cc(N2CCC(N3CCN(CCF)CC3)CC2)ccc1Nc1nccc(-c2c(-c3ccc(OC)c(C(=O)Nc4c(F)cccc4F)c3)nc3cc(F)ccn23)n1. The number of nitrogens with one attached hydrogen (secondary N) is 2. The summed E-state index contributed by atoms with van der Waals surface area (Å²) in [5.41, 5.74) is 3.01. The summed E-state index contributed by atoms with van der Waals surface area (Å²) in [6.07, 6.45) is 5.20. The number of anilines is 4. The summed E-state index contributed by atoms with van der Waals surface area (Å²) in [7, 11) is 2.98. The van der Waals surface area contributed by atoms with Crippen LogP contribution in [-0.2, 0) is 0 Å². The fraction of sp³-hybridized carbons (Fsp3) is 0.302. The molecule has 0 saturated carbocycles. The van der Waals surface area contributed by atoms with Crippen LogP contribution in [-0.4, -0.2) is 108 Å². The van der Waals surface area contributed by atoms with E-state index < -0.39 is 29.0 Å². The van der Waals surface area contributed by atoms with Gasteiger partial charge in [-0.25, -0.2) is 32.5 Å². The molecule has 0 unspecified atom stereocenters. The molecular formula is C43H43F4N9O3. The molecule has 8 rings (SSSR count). The lowest BCUT2D eigenvalue weighted by Crippen LogP contribution is -2.53. The van der Waals surface area contributed by atoms with Crippen LogP contribution in [0.2, 0.25) is 0 Å². The van der Waals surface area contributed by atoms with E-state index in [1.54, 1.807) is 35.9 Å². The largest absolute Gasteiger partial charge is 0.496 e. The molecule has 5 heterocycles. The molecule has 0 atom stereocenters. The summed E-state index contributed by atoms with van der Waals surface area (Å²) in [5.74, 6) is -2.18. The number of para-hydroxylation sites is 1. The van der Waals surface area contributed by atoms with Crippen LogP contribution in [0.1, 0.15) is 23.2 Å². The Hall–Kier alpha value is -6.26. The number of carbonyl (C=O) groups is 1. The normalized spacial score (nSPS) is 15.4. The maximum atomic E-state index is 14.5. The number of piperidine rings is 1. The van der Waals surface area contributed by atoms with Gasteiger partial charge in [0.1, 0.15) is 47.0 Å². The van der Waals surface area contributed by atoms with Crippen LogP contribution >= 0.6 is 0 Å². The van der Waals surface area contributed by atoms with Gasteiger partial charge in [0.25, 0.3) is 5.91 Å². The predicted molar refractivity (Wildman–Crippen MR) is 218 cm³/mol. The number of pyridine rings is 1. The molecule has 2 aliphatic heterocycles. The van der Waals surface area contributed by atoms with E-state index in [0.29, 0.717) is 46.7 Å². The summed E-state index contributed by atoms with van der Waals surface area (Å²) < 4.78 is 69.2. The zero-order valence-corrected chi connectivity index (χ0v) is 32.6. The van der Waals surface area contributed by atoms with Crippen molar-refractivity contribution < 1.29 is 31.8 Å². The zero-order valence-electron chi connectivity index (χ0n) is 32.6. The van der Waals surface area contributed by atoms with Crippen molar-refractivity contribution in [3.05, 3.63) is 108 Å². The molecule has 12 nitrogen and oxygen atoms in total. The van der Waals surface area contributed by atoms with Gasteiger partial charge in [-0.3, -0.25) is 19.0 Å². The van der Waals surface area contributed by atoms with E-state index in [4.69, 9.17) is 19.4 Å². The van der Waals surface area contributed by atoms with Crippen LogP contribution in [0, 0.1) is 17.5 Å². The number of halogens is 4. The number of nitrogens with zero attached hydrogens (tertiary/aromatic N) is 7. The molecule has 0 spiro atoms. The van der Waals surface area contributed by atoms with Gasteiger partial charge in [0, 0.05) is 87.6 Å². The van der Waals surface area contributed by atoms with E-state index in [-0.39, 0.29) is 29.6 Å². The second-order valence-electron chi connectivity index (χ2n) is 14.4. The number of methoxy groups -OCH3 is 2. The number of imidazole rings is 1. The highest BCUT2D eigenvalue weighted by Gasteiger charge is 2.28. The first-order chi connectivity index (χ1) is 28.7. The summed E-state index contributed by atoms with van der Waals surface area (Å²) in [6, 6.07) is 18.7. The van der Waals surface area contributed by atoms with Crippen molar-refractivity contribution in [3.63, 3.8) is 0 Å². The maximum Gasteiger partial charge on any atom is 0.259 e. The Morgan fingerprint density at radius 2 is 1.61 bits per heavy atom. The lowest BCUT2D eigenvalue weighted by Gasteiger charge is -2.43. The van der Waals surface area contributed by atoms with Crippen molar-refractivity contribution in [2.24, 2.45) is 0 Å². The second-order valence-corrected chi connectivity index (χ2v) is 14.4. The Kier molecular flexibility index (Phi) is 11.6. The number of hydrogen-bond donors (Lipinski definition) is 2. The van der Waals surface area contributed by atoms with Crippen LogP contribution in [0.15, 0.2) is 85.2 Å². The van der Waals surface area contributed by atoms with Crippen molar-refractivity contribution in [1.82, 2.24) is 29.2 Å². The van der Waals surface area contributed by atoms with E-state index in [1.165, 1.54) is 37.6 Å². The molecule has 1 amide bonds. The molecule has 306 valence electrons. The summed E-state index contributed by atoms with van der Waals surface area (Å²) in [5, 5.41) is 5.60. The zero-order chi connectivity index (χ0) is 41.0. The molecule has 2 aliphatic rings. The van der Waals surface area contributed by atoms with Crippen molar-refractivity contribution in [2.75, 3.05) is 82.2 Å². The van der Waals surface area contributed by atoms with Gasteiger partial charge >= 0.3 is 0 Å². The Balaban J connectivity index is 1.04. The lowest BCUT2D eigenvalue weighted by atomic mass is 10.0. The van der Waals surface area contributed by atoms with Gasteiger partial charge in [-0.1, -0.05) is 6.07 Å².